The largest absolute Gasteiger partial charge is 0.460 e. The van der Waals surface area contributed by atoms with Crippen LogP contribution in [0.5, 0.6) is 0 Å². The third kappa shape index (κ3) is 3.28. The third-order valence-electron chi connectivity index (χ3n) is 6.03. The van der Waals surface area contributed by atoms with E-state index in [-0.39, 0.29) is 17.9 Å². The van der Waals surface area contributed by atoms with Crippen molar-refractivity contribution in [3.8, 4) is 0 Å². The van der Waals surface area contributed by atoms with Crippen molar-refractivity contribution in [2.24, 2.45) is 23.7 Å². The molecule has 1 aromatic heterocycles. The van der Waals surface area contributed by atoms with E-state index in [1.54, 1.807) is 6.20 Å². The van der Waals surface area contributed by atoms with E-state index in [1.165, 1.54) is 0 Å². The molecule has 3 rings (SSSR count). The molecule has 5 heteroatoms. The minimum Gasteiger partial charge on any atom is -0.460 e. The average molecular weight is 408 g/mol. The van der Waals surface area contributed by atoms with Crippen LogP contribution in [0.3, 0.4) is 0 Å². The van der Waals surface area contributed by atoms with Gasteiger partial charge in [0.1, 0.15) is 6.10 Å². The summed E-state index contributed by atoms with van der Waals surface area (Å²) < 4.78 is 6.39. The number of nitrogens with zero attached hydrogens (tertiary/aromatic N) is 1. The SMILES string of the molecule is CCC1CC2(O)C(=O)OC(C)C2C(/C=C/c2ccc(Br)cn2)C1CC. The van der Waals surface area contributed by atoms with Gasteiger partial charge in [-0.25, -0.2) is 4.79 Å². The van der Waals surface area contributed by atoms with Crippen molar-refractivity contribution >= 4 is 28.0 Å². The summed E-state index contributed by atoms with van der Waals surface area (Å²) >= 11 is 3.40. The molecule has 6 unspecified atom stereocenters. The lowest BCUT2D eigenvalue weighted by atomic mass is 9.58. The van der Waals surface area contributed by atoms with E-state index in [0.717, 1.165) is 23.0 Å². The van der Waals surface area contributed by atoms with Crippen molar-refractivity contribution in [3.05, 3.63) is 34.6 Å². The Morgan fingerprint density at radius 2 is 2.16 bits per heavy atom. The molecule has 0 amide bonds. The first kappa shape index (κ1) is 18.6. The quantitative estimate of drug-likeness (QED) is 0.758. The molecule has 4 nitrogen and oxygen atoms in total. The number of aliphatic hydroxyl groups is 1. The molecule has 1 aliphatic carbocycles. The molecule has 1 aromatic rings. The Hall–Kier alpha value is -1.20. The molecule has 136 valence electrons. The maximum absolute atomic E-state index is 12.3. The maximum atomic E-state index is 12.3. The van der Waals surface area contributed by atoms with Crippen LogP contribution in [0.2, 0.25) is 0 Å². The summed E-state index contributed by atoms with van der Waals surface area (Å²) in [5, 5.41) is 11.1. The van der Waals surface area contributed by atoms with E-state index >= 15 is 0 Å². The second-order valence-corrected chi connectivity index (χ2v) is 8.26. The first-order chi connectivity index (χ1) is 11.9. The predicted molar refractivity (Wildman–Crippen MR) is 101 cm³/mol. The second kappa shape index (κ2) is 7.20. The fraction of sp³-hybridized carbons (Fsp3) is 0.600. The molecular weight excluding hydrogens is 382 g/mol. The topological polar surface area (TPSA) is 59.4 Å². The zero-order chi connectivity index (χ0) is 18.2. The van der Waals surface area contributed by atoms with Gasteiger partial charge in [-0.3, -0.25) is 4.98 Å². The number of pyridine rings is 1. The first-order valence-electron chi connectivity index (χ1n) is 9.13. The van der Waals surface area contributed by atoms with Crippen LogP contribution in [0.1, 0.15) is 45.7 Å². The minimum absolute atomic E-state index is 0.0978. The minimum atomic E-state index is -1.35. The predicted octanol–water partition coefficient (Wildman–Crippen LogP) is 4.22. The molecule has 25 heavy (non-hydrogen) atoms. The van der Waals surface area contributed by atoms with Crippen LogP contribution in [-0.2, 0) is 9.53 Å². The van der Waals surface area contributed by atoms with Gasteiger partial charge in [0.15, 0.2) is 5.60 Å². The number of carbonyl (C=O) groups is 1. The number of hydrogen-bond acceptors (Lipinski definition) is 4. The van der Waals surface area contributed by atoms with Crippen molar-refractivity contribution < 1.29 is 14.6 Å². The molecule has 1 saturated heterocycles. The van der Waals surface area contributed by atoms with Crippen LogP contribution in [0.15, 0.2) is 28.9 Å². The Labute approximate surface area is 157 Å². The molecule has 2 heterocycles. The van der Waals surface area contributed by atoms with E-state index < -0.39 is 11.6 Å². The number of rotatable bonds is 4. The van der Waals surface area contributed by atoms with E-state index in [2.05, 4.69) is 40.8 Å². The summed E-state index contributed by atoms with van der Waals surface area (Å²) in [5.74, 6) is 0.203. The number of ether oxygens (including phenoxy) is 1. The molecule has 1 saturated carbocycles. The van der Waals surface area contributed by atoms with Gasteiger partial charge in [0.2, 0.25) is 0 Å². The number of esters is 1. The fourth-order valence-electron chi connectivity index (χ4n) is 4.86. The van der Waals surface area contributed by atoms with Crippen LogP contribution in [0, 0.1) is 23.7 Å². The third-order valence-corrected chi connectivity index (χ3v) is 6.50. The number of aromatic nitrogens is 1. The summed E-state index contributed by atoms with van der Waals surface area (Å²) in [6.45, 7) is 6.23. The van der Waals surface area contributed by atoms with Crippen molar-refractivity contribution in [3.63, 3.8) is 0 Å². The Kier molecular flexibility index (Phi) is 5.35. The zero-order valence-electron chi connectivity index (χ0n) is 15.0. The number of cyclic esters (lactones) is 1. The van der Waals surface area contributed by atoms with Crippen LogP contribution < -0.4 is 0 Å². The standard InChI is InChI=1S/C20H26BrNO3/c1-4-13-10-20(24)18(12(3)25-19(20)23)17(16(13)5-2)9-8-15-7-6-14(21)11-22-15/h6-9,11-13,16-18,24H,4-5,10H2,1-3H3/b9-8+. The molecule has 6 atom stereocenters. The Bertz CT molecular complexity index is 659. The first-order valence-corrected chi connectivity index (χ1v) is 9.93. The van der Waals surface area contributed by atoms with E-state index in [1.807, 2.05) is 25.1 Å². The van der Waals surface area contributed by atoms with Gasteiger partial charge >= 0.3 is 5.97 Å². The lowest BCUT2D eigenvalue weighted by Crippen LogP contribution is -2.53. The molecule has 0 bridgehead atoms. The summed E-state index contributed by atoms with van der Waals surface area (Å²) in [6, 6.07) is 3.91. The van der Waals surface area contributed by atoms with Gasteiger partial charge in [-0.2, -0.15) is 0 Å². The van der Waals surface area contributed by atoms with Crippen LogP contribution in [0.25, 0.3) is 6.08 Å². The summed E-state index contributed by atoms with van der Waals surface area (Å²) in [4.78, 5) is 16.7. The summed E-state index contributed by atoms with van der Waals surface area (Å²) in [6.07, 6.45) is 8.14. The van der Waals surface area contributed by atoms with E-state index in [9.17, 15) is 9.90 Å². The van der Waals surface area contributed by atoms with Gasteiger partial charge in [-0.05, 0) is 65.2 Å². The van der Waals surface area contributed by atoms with Gasteiger partial charge in [0, 0.05) is 16.6 Å². The lowest BCUT2D eigenvalue weighted by Gasteiger charge is -2.46. The molecule has 2 fully saturated rings. The van der Waals surface area contributed by atoms with Crippen molar-refractivity contribution in [1.82, 2.24) is 4.98 Å². The Morgan fingerprint density at radius 1 is 1.40 bits per heavy atom. The smallest absolute Gasteiger partial charge is 0.338 e. The number of allylic oxidation sites excluding steroid dienone is 1. The molecule has 0 spiro atoms. The maximum Gasteiger partial charge on any atom is 0.338 e. The number of fused-ring (bicyclic) bond motifs is 1. The molecule has 1 aliphatic heterocycles. The number of halogens is 1. The van der Waals surface area contributed by atoms with E-state index in [0.29, 0.717) is 18.3 Å². The van der Waals surface area contributed by atoms with Gasteiger partial charge < -0.3 is 9.84 Å². The van der Waals surface area contributed by atoms with Gasteiger partial charge in [0.25, 0.3) is 0 Å². The zero-order valence-corrected chi connectivity index (χ0v) is 16.6. The highest BCUT2D eigenvalue weighted by Gasteiger charge is 2.62. The molecule has 2 aliphatic rings. The Morgan fingerprint density at radius 3 is 2.76 bits per heavy atom. The van der Waals surface area contributed by atoms with Crippen molar-refractivity contribution in [2.75, 3.05) is 0 Å². The number of hydrogen-bond donors (Lipinski definition) is 1. The van der Waals surface area contributed by atoms with Crippen LogP contribution >= 0.6 is 15.9 Å². The van der Waals surface area contributed by atoms with E-state index in [4.69, 9.17) is 4.74 Å². The number of carbonyl (C=O) groups excluding carboxylic acids is 1. The van der Waals surface area contributed by atoms with Gasteiger partial charge in [-0.1, -0.05) is 32.8 Å². The summed E-state index contributed by atoms with van der Waals surface area (Å²) in [7, 11) is 0. The molecule has 1 N–H and O–H groups in total. The van der Waals surface area contributed by atoms with Crippen LogP contribution in [-0.4, -0.2) is 27.8 Å². The fourth-order valence-corrected chi connectivity index (χ4v) is 5.10. The highest BCUT2D eigenvalue weighted by atomic mass is 79.9. The van der Waals surface area contributed by atoms with Crippen LogP contribution in [0.4, 0.5) is 0 Å². The highest BCUT2D eigenvalue weighted by molar-refractivity contribution is 9.10. The normalized spacial score (nSPS) is 38.0. The monoisotopic (exact) mass is 407 g/mol. The highest BCUT2D eigenvalue weighted by Crippen LogP contribution is 2.53. The average Bonchev–Trinajstić information content (AvgIpc) is 2.82. The molecular formula is C20H26BrNO3. The van der Waals surface area contributed by atoms with Crippen molar-refractivity contribution in [1.29, 1.82) is 0 Å². The molecule has 0 radical (unpaired) electrons. The molecule has 0 aromatic carbocycles. The van der Waals surface area contributed by atoms with Gasteiger partial charge in [0.05, 0.1) is 5.69 Å². The second-order valence-electron chi connectivity index (χ2n) is 7.34. The summed E-state index contributed by atoms with van der Waals surface area (Å²) in [5.41, 5.74) is -0.480. The van der Waals surface area contributed by atoms with Crippen molar-refractivity contribution in [2.45, 2.75) is 51.7 Å². The Balaban J connectivity index is 1.96. The van der Waals surface area contributed by atoms with Gasteiger partial charge in [-0.15, -0.1) is 0 Å². The lowest BCUT2D eigenvalue weighted by molar-refractivity contribution is -0.161.